The van der Waals surface area contributed by atoms with E-state index in [1.165, 1.54) is 21.3 Å². The van der Waals surface area contributed by atoms with E-state index in [4.69, 9.17) is 0 Å². The number of hydrogen-bond donors (Lipinski definition) is 1. The number of nitrogens with one attached hydrogen (secondary N) is 1. The molecule has 0 unspecified atom stereocenters. The summed E-state index contributed by atoms with van der Waals surface area (Å²) < 4.78 is 93.3. The summed E-state index contributed by atoms with van der Waals surface area (Å²) in [5.41, 5.74) is -0.849. The van der Waals surface area contributed by atoms with E-state index in [0.717, 1.165) is 42.5 Å². The fourth-order valence-electron chi connectivity index (χ4n) is 3.35. The SMILES string of the molecule is O=S(=O)(c1ccc(F)cc1)N1CCN(c2nc(Nc3ccc(F)cc3)cc(C(F)(F)F)n2)CC1. The quantitative estimate of drug-likeness (QED) is 0.535. The maximum absolute atomic E-state index is 13.4. The van der Waals surface area contributed by atoms with Gasteiger partial charge in [0.25, 0.3) is 0 Å². The lowest BCUT2D eigenvalue weighted by atomic mass is 10.3. The first-order valence-electron chi connectivity index (χ1n) is 10.0. The Morgan fingerprint density at radius 2 is 1.38 bits per heavy atom. The molecule has 13 heteroatoms. The summed E-state index contributed by atoms with van der Waals surface area (Å²) in [6, 6.07) is 10.1. The van der Waals surface area contributed by atoms with Gasteiger partial charge < -0.3 is 10.2 Å². The lowest BCUT2D eigenvalue weighted by Gasteiger charge is -2.34. The van der Waals surface area contributed by atoms with E-state index in [1.807, 2.05) is 0 Å². The summed E-state index contributed by atoms with van der Waals surface area (Å²) in [6.07, 6.45) is -4.75. The van der Waals surface area contributed by atoms with E-state index >= 15 is 0 Å². The molecule has 2 aromatic carbocycles. The van der Waals surface area contributed by atoms with Crippen molar-refractivity contribution in [3.63, 3.8) is 0 Å². The molecule has 0 saturated carbocycles. The van der Waals surface area contributed by atoms with Crippen molar-refractivity contribution in [3.8, 4) is 0 Å². The molecule has 0 aliphatic carbocycles. The first-order chi connectivity index (χ1) is 16.0. The Morgan fingerprint density at radius 1 is 0.824 bits per heavy atom. The topological polar surface area (TPSA) is 78.4 Å². The summed E-state index contributed by atoms with van der Waals surface area (Å²) in [6.45, 7) is 0.0233. The van der Waals surface area contributed by atoms with Crippen LogP contribution in [0, 0.1) is 11.6 Å². The number of piperazine rings is 1. The van der Waals surface area contributed by atoms with E-state index in [9.17, 15) is 30.4 Å². The third-order valence-corrected chi connectivity index (χ3v) is 7.01. The highest BCUT2D eigenvalue weighted by molar-refractivity contribution is 7.89. The Hall–Kier alpha value is -3.32. The minimum atomic E-state index is -4.75. The van der Waals surface area contributed by atoms with E-state index in [2.05, 4.69) is 15.3 Å². The Morgan fingerprint density at radius 3 is 1.94 bits per heavy atom. The summed E-state index contributed by atoms with van der Waals surface area (Å²) >= 11 is 0. The van der Waals surface area contributed by atoms with Gasteiger partial charge in [0.1, 0.15) is 17.5 Å². The molecule has 1 aliphatic rings. The molecule has 1 aromatic heterocycles. The fraction of sp³-hybridized carbons (Fsp3) is 0.238. The van der Waals surface area contributed by atoms with Crippen LogP contribution in [-0.2, 0) is 16.2 Å². The van der Waals surface area contributed by atoms with Gasteiger partial charge in [-0.25, -0.2) is 22.2 Å². The molecule has 0 amide bonds. The predicted molar refractivity (Wildman–Crippen MR) is 114 cm³/mol. The summed E-state index contributed by atoms with van der Waals surface area (Å²) in [7, 11) is -3.89. The van der Waals surface area contributed by atoms with Gasteiger partial charge >= 0.3 is 6.18 Å². The highest BCUT2D eigenvalue weighted by Gasteiger charge is 2.35. The van der Waals surface area contributed by atoms with Gasteiger partial charge in [-0.3, -0.25) is 0 Å². The number of benzene rings is 2. The number of aromatic nitrogens is 2. The van der Waals surface area contributed by atoms with Crippen molar-refractivity contribution in [3.05, 3.63) is 71.9 Å². The predicted octanol–water partition coefficient (Wildman–Crippen LogP) is 4.03. The lowest BCUT2D eigenvalue weighted by molar-refractivity contribution is -0.141. The Kier molecular flexibility index (Phi) is 6.41. The van der Waals surface area contributed by atoms with Gasteiger partial charge in [0.2, 0.25) is 16.0 Å². The molecule has 180 valence electrons. The van der Waals surface area contributed by atoms with Gasteiger partial charge in [-0.2, -0.15) is 22.5 Å². The van der Waals surface area contributed by atoms with Crippen LogP contribution in [0.15, 0.2) is 59.5 Å². The van der Waals surface area contributed by atoms with Gasteiger partial charge in [0.15, 0.2) is 5.69 Å². The Balaban J connectivity index is 1.54. The van der Waals surface area contributed by atoms with Gasteiger partial charge in [-0.1, -0.05) is 0 Å². The summed E-state index contributed by atoms with van der Waals surface area (Å²) in [5.74, 6) is -1.45. The number of rotatable bonds is 5. The van der Waals surface area contributed by atoms with Crippen LogP contribution in [0.2, 0.25) is 0 Å². The van der Waals surface area contributed by atoms with Crippen molar-refractivity contribution in [2.45, 2.75) is 11.1 Å². The van der Waals surface area contributed by atoms with E-state index < -0.39 is 33.5 Å². The average Bonchev–Trinajstić information content (AvgIpc) is 2.80. The molecule has 7 nitrogen and oxygen atoms in total. The minimum Gasteiger partial charge on any atom is -0.340 e. The third-order valence-electron chi connectivity index (χ3n) is 5.09. The minimum absolute atomic E-state index is 0.0277. The maximum atomic E-state index is 13.4. The zero-order valence-electron chi connectivity index (χ0n) is 17.4. The molecule has 1 aliphatic heterocycles. The van der Waals surface area contributed by atoms with Crippen molar-refractivity contribution >= 4 is 27.5 Å². The van der Waals surface area contributed by atoms with Crippen molar-refractivity contribution in [2.75, 3.05) is 36.4 Å². The maximum Gasteiger partial charge on any atom is 0.433 e. The molecule has 0 spiro atoms. The molecule has 0 radical (unpaired) electrons. The number of anilines is 3. The summed E-state index contributed by atoms with van der Waals surface area (Å²) in [4.78, 5) is 9.13. The number of alkyl halides is 3. The van der Waals surface area contributed by atoms with Crippen molar-refractivity contribution < 1.29 is 30.4 Å². The number of nitrogens with zero attached hydrogens (tertiary/aromatic N) is 4. The molecular formula is C21H18F5N5O2S. The van der Waals surface area contributed by atoms with Gasteiger partial charge in [-0.15, -0.1) is 0 Å². The van der Waals surface area contributed by atoms with Crippen molar-refractivity contribution in [1.29, 1.82) is 0 Å². The second-order valence-corrected chi connectivity index (χ2v) is 9.35. The van der Waals surface area contributed by atoms with Crippen LogP contribution in [0.1, 0.15) is 5.69 Å². The molecule has 1 N–H and O–H groups in total. The van der Waals surface area contributed by atoms with Crippen LogP contribution < -0.4 is 10.2 Å². The first-order valence-corrected chi connectivity index (χ1v) is 11.5. The molecule has 1 saturated heterocycles. The second-order valence-electron chi connectivity index (χ2n) is 7.41. The van der Waals surface area contributed by atoms with Crippen molar-refractivity contribution in [1.82, 2.24) is 14.3 Å². The highest BCUT2D eigenvalue weighted by atomic mass is 32.2. The molecular weight excluding hydrogens is 481 g/mol. The molecule has 0 atom stereocenters. The molecule has 4 rings (SSSR count). The second kappa shape index (κ2) is 9.14. The zero-order valence-corrected chi connectivity index (χ0v) is 18.2. The average molecular weight is 499 g/mol. The first kappa shape index (κ1) is 23.8. The monoisotopic (exact) mass is 499 g/mol. The zero-order chi connectivity index (χ0) is 24.5. The van der Waals surface area contributed by atoms with E-state index in [-0.39, 0.29) is 42.8 Å². The molecule has 34 heavy (non-hydrogen) atoms. The standard InChI is InChI=1S/C21H18F5N5O2S/c22-14-1-5-16(6-2-14)27-19-13-18(21(24,25)26)28-20(29-19)30-9-11-31(12-10-30)34(32,33)17-7-3-15(23)4-8-17/h1-8,13H,9-12H2,(H,27,28,29). The smallest absolute Gasteiger partial charge is 0.340 e. The Bertz CT molecular complexity index is 1260. The third kappa shape index (κ3) is 5.25. The van der Waals surface area contributed by atoms with Gasteiger partial charge in [0.05, 0.1) is 4.90 Å². The highest BCUT2D eigenvalue weighted by Crippen LogP contribution is 2.31. The number of halogens is 5. The van der Waals surface area contributed by atoms with Crippen LogP contribution >= 0.6 is 0 Å². The van der Waals surface area contributed by atoms with Crippen LogP contribution in [-0.4, -0.2) is 48.9 Å². The van der Waals surface area contributed by atoms with Crippen LogP contribution in [0.5, 0.6) is 0 Å². The van der Waals surface area contributed by atoms with Gasteiger partial charge in [-0.05, 0) is 48.5 Å². The Labute approximate surface area is 191 Å². The fourth-order valence-corrected chi connectivity index (χ4v) is 4.77. The lowest BCUT2D eigenvalue weighted by Crippen LogP contribution is -2.49. The normalized spacial score (nSPS) is 15.4. The number of sulfonamides is 1. The van der Waals surface area contributed by atoms with E-state index in [0.29, 0.717) is 5.69 Å². The molecule has 1 fully saturated rings. The van der Waals surface area contributed by atoms with Crippen molar-refractivity contribution in [2.24, 2.45) is 0 Å². The van der Waals surface area contributed by atoms with Crippen LogP contribution in [0.25, 0.3) is 0 Å². The van der Waals surface area contributed by atoms with Gasteiger partial charge in [0, 0.05) is 37.9 Å². The summed E-state index contributed by atoms with van der Waals surface area (Å²) in [5, 5.41) is 2.70. The molecule has 2 heterocycles. The van der Waals surface area contributed by atoms with E-state index in [1.54, 1.807) is 0 Å². The largest absolute Gasteiger partial charge is 0.433 e. The van der Waals surface area contributed by atoms with Crippen LogP contribution in [0.3, 0.4) is 0 Å². The molecule has 0 bridgehead atoms. The molecule has 3 aromatic rings. The van der Waals surface area contributed by atoms with Crippen LogP contribution in [0.4, 0.5) is 39.4 Å². The number of hydrogen-bond acceptors (Lipinski definition) is 6.